The lowest BCUT2D eigenvalue weighted by molar-refractivity contribution is -0.110. The Hall–Kier alpha value is -1.59. The van der Waals surface area contributed by atoms with Crippen LogP contribution in [0.2, 0.25) is 23.2 Å². The molecule has 0 heterocycles. The van der Waals surface area contributed by atoms with Crippen molar-refractivity contribution in [3.63, 3.8) is 0 Å². The second-order valence-corrected chi connectivity index (χ2v) is 21.3. The predicted molar refractivity (Wildman–Crippen MR) is 159 cm³/mol. The van der Waals surface area contributed by atoms with Crippen LogP contribution in [0.1, 0.15) is 41.5 Å². The predicted octanol–water partition coefficient (Wildman–Crippen LogP) is 4.88. The van der Waals surface area contributed by atoms with Crippen molar-refractivity contribution in [3.8, 4) is 0 Å². The van der Waals surface area contributed by atoms with Gasteiger partial charge in [-0.2, -0.15) is 0 Å². The van der Waals surface area contributed by atoms with E-state index in [4.69, 9.17) is 13.6 Å². The van der Waals surface area contributed by atoms with Crippen LogP contribution in [0, 0.1) is 0 Å². The number of ether oxygens (including phenoxy) is 1. The molecule has 2 aromatic rings. The minimum absolute atomic E-state index is 0.0481. The van der Waals surface area contributed by atoms with Crippen molar-refractivity contribution >= 4 is 27.0 Å². The zero-order valence-corrected chi connectivity index (χ0v) is 26.0. The SMILES string of the molecule is C=CCO[C@H]([C@H](O)CO[Si](c1ccccc1)(c1ccccc1)C(C)(C)C)[C@H](CO)O[Si](C)(C)C(C)(C)C. The van der Waals surface area contributed by atoms with Crippen LogP contribution in [-0.2, 0) is 13.6 Å². The zero-order chi connectivity index (χ0) is 27.9. The van der Waals surface area contributed by atoms with E-state index in [0.29, 0.717) is 0 Å². The first-order valence-electron chi connectivity index (χ1n) is 13.2. The minimum atomic E-state index is -2.84. The fraction of sp³-hybridized carbons (Fsp3) is 0.533. The van der Waals surface area contributed by atoms with Crippen molar-refractivity contribution in [2.45, 2.75) is 83.0 Å². The second kappa shape index (κ2) is 13.0. The van der Waals surface area contributed by atoms with Gasteiger partial charge in [0, 0.05) is 0 Å². The van der Waals surface area contributed by atoms with E-state index < -0.39 is 34.9 Å². The van der Waals surface area contributed by atoms with Gasteiger partial charge in [-0.25, -0.2) is 0 Å². The van der Waals surface area contributed by atoms with Gasteiger partial charge in [-0.05, 0) is 33.5 Å². The molecule has 0 amide bonds. The Morgan fingerprint density at radius 1 is 0.865 bits per heavy atom. The van der Waals surface area contributed by atoms with E-state index in [-0.39, 0.29) is 29.9 Å². The lowest BCUT2D eigenvalue weighted by Gasteiger charge is -2.44. The van der Waals surface area contributed by atoms with E-state index in [2.05, 4.69) is 85.5 Å². The number of hydrogen-bond acceptors (Lipinski definition) is 5. The Morgan fingerprint density at radius 2 is 1.35 bits per heavy atom. The van der Waals surface area contributed by atoms with Crippen molar-refractivity contribution in [2.24, 2.45) is 0 Å². The van der Waals surface area contributed by atoms with Gasteiger partial charge in [0.25, 0.3) is 8.32 Å². The van der Waals surface area contributed by atoms with Crippen molar-refractivity contribution in [1.29, 1.82) is 0 Å². The molecule has 0 aliphatic rings. The molecule has 3 atom stereocenters. The van der Waals surface area contributed by atoms with Crippen molar-refractivity contribution in [3.05, 3.63) is 73.3 Å². The highest BCUT2D eigenvalue weighted by Crippen LogP contribution is 2.39. The molecular formula is C30H48O5Si2. The second-order valence-electron chi connectivity index (χ2n) is 12.2. The summed E-state index contributed by atoms with van der Waals surface area (Å²) in [5, 5.41) is 23.9. The average molecular weight is 545 g/mol. The highest BCUT2D eigenvalue weighted by atomic mass is 28.4. The van der Waals surface area contributed by atoms with Crippen LogP contribution in [-0.4, -0.2) is 65.0 Å². The number of hydrogen-bond donors (Lipinski definition) is 2. The van der Waals surface area contributed by atoms with Gasteiger partial charge in [0.05, 0.1) is 25.9 Å². The fourth-order valence-electron chi connectivity index (χ4n) is 4.48. The molecule has 37 heavy (non-hydrogen) atoms. The van der Waals surface area contributed by atoms with Crippen LogP contribution in [0.5, 0.6) is 0 Å². The molecule has 206 valence electrons. The van der Waals surface area contributed by atoms with Gasteiger partial charge in [-0.3, -0.25) is 0 Å². The van der Waals surface area contributed by atoms with Crippen LogP contribution in [0.4, 0.5) is 0 Å². The molecule has 2 N–H and O–H groups in total. The van der Waals surface area contributed by atoms with Gasteiger partial charge in [0.15, 0.2) is 8.32 Å². The van der Waals surface area contributed by atoms with Gasteiger partial charge in [-0.15, -0.1) is 6.58 Å². The smallest absolute Gasteiger partial charge is 0.261 e. The molecule has 2 aromatic carbocycles. The Morgan fingerprint density at radius 3 is 1.73 bits per heavy atom. The summed E-state index contributed by atoms with van der Waals surface area (Å²) in [7, 11) is -5.08. The third-order valence-corrected chi connectivity index (χ3v) is 17.0. The van der Waals surface area contributed by atoms with Crippen molar-refractivity contribution in [2.75, 3.05) is 19.8 Å². The first kappa shape index (κ1) is 31.6. The first-order chi connectivity index (χ1) is 17.2. The molecule has 0 aliphatic carbocycles. The summed E-state index contributed by atoms with van der Waals surface area (Å²) < 4.78 is 19.5. The molecule has 0 aromatic heterocycles. The van der Waals surface area contributed by atoms with E-state index in [0.717, 1.165) is 10.4 Å². The monoisotopic (exact) mass is 544 g/mol. The molecule has 0 spiro atoms. The number of benzene rings is 2. The van der Waals surface area contributed by atoms with Gasteiger partial charge in [-0.1, -0.05) is 108 Å². The van der Waals surface area contributed by atoms with Gasteiger partial charge in [0.2, 0.25) is 0 Å². The number of aliphatic hydroxyl groups excluding tert-OH is 2. The van der Waals surface area contributed by atoms with Crippen LogP contribution in [0.25, 0.3) is 0 Å². The van der Waals surface area contributed by atoms with E-state index in [1.807, 2.05) is 36.4 Å². The summed E-state index contributed by atoms with van der Waals surface area (Å²) in [6.45, 7) is 21.1. The Labute approximate surface area is 226 Å². The topological polar surface area (TPSA) is 68.2 Å². The third-order valence-electron chi connectivity index (χ3n) is 7.47. The standard InChI is InChI=1S/C30H48O5Si2/c1-10-21-33-28(27(22-31)35-36(8,9)29(2,3)4)26(32)23-34-37(30(5,6)7,24-17-13-11-14-18-24)25-19-15-12-16-20-25/h10-20,26-28,31-32H,1,21-23H2,2-9H3/t26-,27+,28-/m1/s1. The summed E-state index contributed by atoms with van der Waals surface area (Å²) in [6, 6.07) is 20.7. The Bertz CT molecular complexity index is 912. The molecule has 7 heteroatoms. The number of rotatable bonds is 13. The molecule has 2 rings (SSSR count). The maximum Gasteiger partial charge on any atom is 0.261 e. The number of aliphatic hydroxyl groups is 2. The summed E-state index contributed by atoms with van der Waals surface area (Å²) >= 11 is 0. The largest absolute Gasteiger partial charge is 0.409 e. The summed E-state index contributed by atoms with van der Waals surface area (Å²) in [6.07, 6.45) is -0.818. The highest BCUT2D eigenvalue weighted by molar-refractivity contribution is 6.99. The molecule has 0 saturated heterocycles. The Balaban J connectivity index is 2.46. The summed E-state index contributed by atoms with van der Waals surface area (Å²) in [4.78, 5) is 0. The average Bonchev–Trinajstić information content (AvgIpc) is 2.83. The molecule has 0 radical (unpaired) electrons. The van der Waals surface area contributed by atoms with Gasteiger partial charge >= 0.3 is 0 Å². The first-order valence-corrected chi connectivity index (χ1v) is 18.0. The molecule has 5 nitrogen and oxygen atoms in total. The molecule has 0 aliphatic heterocycles. The quantitative estimate of drug-likeness (QED) is 0.278. The summed E-state index contributed by atoms with van der Waals surface area (Å²) in [5.41, 5.74) is 0. The maximum atomic E-state index is 11.5. The van der Waals surface area contributed by atoms with E-state index >= 15 is 0 Å². The van der Waals surface area contributed by atoms with Crippen LogP contribution < -0.4 is 10.4 Å². The van der Waals surface area contributed by atoms with E-state index in [9.17, 15) is 10.2 Å². The van der Waals surface area contributed by atoms with E-state index in [1.54, 1.807) is 6.08 Å². The zero-order valence-electron chi connectivity index (χ0n) is 24.0. The minimum Gasteiger partial charge on any atom is -0.409 e. The lowest BCUT2D eigenvalue weighted by atomic mass is 10.1. The van der Waals surface area contributed by atoms with Gasteiger partial charge < -0.3 is 23.8 Å². The van der Waals surface area contributed by atoms with Crippen LogP contribution >= 0.6 is 0 Å². The van der Waals surface area contributed by atoms with E-state index in [1.165, 1.54) is 0 Å². The van der Waals surface area contributed by atoms with Crippen molar-refractivity contribution < 1.29 is 23.8 Å². The van der Waals surface area contributed by atoms with Crippen LogP contribution in [0.15, 0.2) is 73.3 Å². The molecule has 0 fully saturated rings. The summed E-state index contributed by atoms with van der Waals surface area (Å²) in [5.74, 6) is 0. The molecule has 0 bridgehead atoms. The normalized spacial score (nSPS) is 15.7. The fourth-order valence-corrected chi connectivity index (χ4v) is 10.4. The van der Waals surface area contributed by atoms with Crippen molar-refractivity contribution in [1.82, 2.24) is 0 Å². The van der Waals surface area contributed by atoms with Crippen LogP contribution in [0.3, 0.4) is 0 Å². The maximum absolute atomic E-state index is 11.5. The molecule has 0 unspecified atom stereocenters. The Kier molecular flexibility index (Phi) is 11.1. The molecule has 0 saturated carbocycles. The van der Waals surface area contributed by atoms with Gasteiger partial charge in [0.1, 0.15) is 12.2 Å². The lowest BCUT2D eigenvalue weighted by Crippen LogP contribution is -2.67. The third kappa shape index (κ3) is 7.50. The molecular weight excluding hydrogens is 496 g/mol. The highest BCUT2D eigenvalue weighted by Gasteiger charge is 2.51.